The van der Waals surface area contributed by atoms with Crippen molar-refractivity contribution in [2.24, 2.45) is 0 Å². The lowest BCUT2D eigenvalue weighted by atomic mass is 10.2. The molecule has 0 saturated heterocycles. The standard InChI is InChI=1S/C14H9ClO5/c15-9-3-1-2-8(6-9)12-5-4-10(20-12)7-11(13(16)17)14(18)19/h1-7H,(H,16,17)(H,18,19)/p-2. The van der Waals surface area contributed by atoms with E-state index >= 15 is 0 Å². The molecular formula is C14H7ClO5-2. The molecule has 0 saturated carbocycles. The number of carbonyl (C=O) groups excluding carboxylic acids is 2. The molecule has 2 rings (SSSR count). The zero-order chi connectivity index (χ0) is 14.7. The second-order valence-electron chi connectivity index (χ2n) is 3.85. The molecule has 6 heteroatoms. The van der Waals surface area contributed by atoms with Gasteiger partial charge in [-0.3, -0.25) is 0 Å². The minimum atomic E-state index is -1.84. The quantitative estimate of drug-likeness (QED) is 0.464. The van der Waals surface area contributed by atoms with Crippen LogP contribution in [0.4, 0.5) is 0 Å². The molecule has 0 N–H and O–H groups in total. The SMILES string of the molecule is O=C([O-])C(=Cc1ccc(-c2cccc(Cl)c2)o1)C(=O)[O-]. The van der Waals surface area contributed by atoms with Gasteiger partial charge < -0.3 is 24.2 Å². The third-order valence-corrected chi connectivity index (χ3v) is 2.70. The third-order valence-electron chi connectivity index (χ3n) is 2.46. The number of rotatable bonds is 4. The molecule has 0 aliphatic rings. The van der Waals surface area contributed by atoms with E-state index in [1.807, 2.05) is 0 Å². The average Bonchev–Trinajstić information content (AvgIpc) is 2.83. The van der Waals surface area contributed by atoms with E-state index in [1.54, 1.807) is 30.3 Å². The van der Waals surface area contributed by atoms with Gasteiger partial charge in [-0.2, -0.15) is 0 Å². The van der Waals surface area contributed by atoms with Crippen molar-refractivity contribution in [3.8, 4) is 11.3 Å². The van der Waals surface area contributed by atoms with Gasteiger partial charge in [-0.1, -0.05) is 23.7 Å². The lowest BCUT2D eigenvalue weighted by Crippen LogP contribution is -2.35. The Morgan fingerprint density at radius 3 is 2.40 bits per heavy atom. The average molecular weight is 291 g/mol. The van der Waals surface area contributed by atoms with Gasteiger partial charge in [-0.25, -0.2) is 0 Å². The molecule has 0 aliphatic carbocycles. The largest absolute Gasteiger partial charge is 0.545 e. The van der Waals surface area contributed by atoms with Crippen molar-refractivity contribution >= 4 is 29.6 Å². The maximum absolute atomic E-state index is 10.6. The van der Waals surface area contributed by atoms with Crippen LogP contribution in [0.15, 0.2) is 46.4 Å². The molecule has 0 unspecified atom stereocenters. The maximum Gasteiger partial charge on any atom is 0.134 e. The Hall–Kier alpha value is -2.53. The number of hydrogen-bond acceptors (Lipinski definition) is 5. The molecule has 0 spiro atoms. The van der Waals surface area contributed by atoms with Gasteiger partial charge in [0.15, 0.2) is 0 Å². The Kier molecular flexibility index (Phi) is 3.91. The highest BCUT2D eigenvalue weighted by molar-refractivity contribution is 6.30. The molecule has 5 nitrogen and oxygen atoms in total. The number of aliphatic carboxylic acids is 2. The third kappa shape index (κ3) is 3.07. The summed E-state index contributed by atoms with van der Waals surface area (Å²) in [5.74, 6) is -3.20. The Morgan fingerprint density at radius 2 is 1.80 bits per heavy atom. The summed E-state index contributed by atoms with van der Waals surface area (Å²) in [6.45, 7) is 0. The fraction of sp³-hybridized carbons (Fsp3) is 0. The number of hydrogen-bond donors (Lipinski definition) is 0. The fourth-order valence-electron chi connectivity index (χ4n) is 1.57. The van der Waals surface area contributed by atoms with Crippen LogP contribution in [0.1, 0.15) is 5.76 Å². The van der Waals surface area contributed by atoms with E-state index in [1.165, 1.54) is 6.07 Å². The molecule has 1 heterocycles. The van der Waals surface area contributed by atoms with Gasteiger partial charge >= 0.3 is 0 Å². The number of furan rings is 1. The number of carbonyl (C=O) groups is 2. The van der Waals surface area contributed by atoms with Crippen molar-refractivity contribution < 1.29 is 24.2 Å². The highest BCUT2D eigenvalue weighted by Gasteiger charge is 2.06. The van der Waals surface area contributed by atoms with E-state index in [9.17, 15) is 19.8 Å². The summed E-state index contributed by atoms with van der Waals surface area (Å²) in [5.41, 5.74) is -0.308. The van der Waals surface area contributed by atoms with E-state index in [0.29, 0.717) is 16.3 Å². The topological polar surface area (TPSA) is 93.4 Å². The molecule has 2 aromatic rings. The number of benzene rings is 1. The molecule has 0 atom stereocenters. The Labute approximate surface area is 118 Å². The van der Waals surface area contributed by atoms with Gasteiger partial charge in [-0.05, 0) is 30.3 Å². The molecular weight excluding hydrogens is 284 g/mol. The minimum absolute atomic E-state index is 0.0587. The summed E-state index contributed by atoms with van der Waals surface area (Å²) in [7, 11) is 0. The van der Waals surface area contributed by atoms with E-state index in [0.717, 1.165) is 6.08 Å². The van der Waals surface area contributed by atoms with Crippen LogP contribution in [0, 0.1) is 0 Å². The first-order valence-corrected chi connectivity index (χ1v) is 5.85. The van der Waals surface area contributed by atoms with Crippen LogP contribution in [0.3, 0.4) is 0 Å². The highest BCUT2D eigenvalue weighted by Crippen LogP contribution is 2.25. The van der Waals surface area contributed by atoms with E-state index in [4.69, 9.17) is 16.0 Å². The first-order valence-electron chi connectivity index (χ1n) is 5.47. The first-order chi connectivity index (χ1) is 9.47. The summed E-state index contributed by atoms with van der Waals surface area (Å²) in [4.78, 5) is 21.2. The molecule has 1 aromatic heterocycles. The van der Waals surface area contributed by atoms with Crippen LogP contribution in [-0.4, -0.2) is 11.9 Å². The molecule has 1 aromatic carbocycles. The summed E-state index contributed by atoms with van der Waals surface area (Å²) in [5, 5.41) is 21.7. The van der Waals surface area contributed by atoms with Gasteiger partial charge in [0.05, 0.1) is 11.9 Å². The van der Waals surface area contributed by atoms with Crippen LogP contribution in [0.2, 0.25) is 5.02 Å². The predicted octanol–water partition coefficient (Wildman–Crippen LogP) is 0.483. The minimum Gasteiger partial charge on any atom is -0.545 e. The smallest absolute Gasteiger partial charge is 0.134 e. The van der Waals surface area contributed by atoms with Gasteiger partial charge in [0, 0.05) is 16.2 Å². The molecule has 0 amide bonds. The highest BCUT2D eigenvalue weighted by atomic mass is 35.5. The summed E-state index contributed by atoms with van der Waals surface area (Å²) in [6, 6.07) is 9.83. The zero-order valence-corrected chi connectivity index (χ0v) is 10.7. The lowest BCUT2D eigenvalue weighted by molar-refractivity contribution is -0.311. The summed E-state index contributed by atoms with van der Waals surface area (Å²) >= 11 is 5.84. The van der Waals surface area contributed by atoms with Crippen molar-refractivity contribution in [3.05, 3.63) is 52.8 Å². The van der Waals surface area contributed by atoms with Gasteiger partial charge in [0.1, 0.15) is 11.5 Å². The van der Waals surface area contributed by atoms with Gasteiger partial charge in [0.2, 0.25) is 0 Å². The van der Waals surface area contributed by atoms with Crippen molar-refractivity contribution in [1.29, 1.82) is 0 Å². The molecule has 0 bridgehead atoms. The number of carboxylic acids is 2. The molecule has 20 heavy (non-hydrogen) atoms. The zero-order valence-electron chi connectivity index (χ0n) is 9.96. The Morgan fingerprint density at radius 1 is 1.10 bits per heavy atom. The van der Waals surface area contributed by atoms with E-state index in [2.05, 4.69) is 0 Å². The van der Waals surface area contributed by atoms with Crippen molar-refractivity contribution in [2.75, 3.05) is 0 Å². The lowest BCUT2D eigenvalue weighted by Gasteiger charge is -2.07. The number of halogens is 1. The first kappa shape index (κ1) is 13.9. The van der Waals surface area contributed by atoms with E-state index in [-0.39, 0.29) is 5.76 Å². The molecule has 0 radical (unpaired) electrons. The Bertz CT molecular complexity index is 683. The summed E-state index contributed by atoms with van der Waals surface area (Å²) < 4.78 is 5.34. The van der Waals surface area contributed by atoms with Crippen molar-refractivity contribution in [1.82, 2.24) is 0 Å². The van der Waals surface area contributed by atoms with E-state index < -0.39 is 17.5 Å². The monoisotopic (exact) mass is 290 g/mol. The van der Waals surface area contributed by atoms with Crippen molar-refractivity contribution in [2.45, 2.75) is 0 Å². The van der Waals surface area contributed by atoms with Gasteiger partial charge in [-0.15, -0.1) is 0 Å². The molecule has 0 aliphatic heterocycles. The number of carboxylic acid groups (broad SMARTS) is 2. The van der Waals surface area contributed by atoms with Crippen LogP contribution >= 0.6 is 11.6 Å². The van der Waals surface area contributed by atoms with Gasteiger partial charge in [0.25, 0.3) is 0 Å². The van der Waals surface area contributed by atoms with Crippen molar-refractivity contribution in [3.63, 3.8) is 0 Å². The fourth-order valence-corrected chi connectivity index (χ4v) is 1.76. The van der Waals surface area contributed by atoms with Crippen LogP contribution < -0.4 is 10.2 Å². The van der Waals surface area contributed by atoms with Crippen LogP contribution in [0.25, 0.3) is 17.4 Å². The second kappa shape index (κ2) is 5.63. The summed E-state index contributed by atoms with van der Waals surface area (Å²) in [6.07, 6.45) is 0.832. The molecule has 0 fully saturated rings. The predicted molar refractivity (Wildman–Crippen MR) is 67.1 cm³/mol. The Balaban J connectivity index is 2.36. The second-order valence-corrected chi connectivity index (χ2v) is 4.28. The molecule has 102 valence electrons. The normalized spacial score (nSPS) is 10.1. The van der Waals surface area contributed by atoms with Crippen LogP contribution in [0.5, 0.6) is 0 Å². The maximum atomic E-state index is 10.6. The van der Waals surface area contributed by atoms with Crippen LogP contribution in [-0.2, 0) is 9.59 Å².